The maximum absolute atomic E-state index is 3.42. The number of benzene rings is 1. The smallest absolute Gasteiger partial charge is 0.0367 e. The molecule has 1 saturated heterocycles. The fourth-order valence-electron chi connectivity index (χ4n) is 1.86. The lowest BCUT2D eigenvalue weighted by molar-refractivity contribution is 0.652. The van der Waals surface area contributed by atoms with Crippen LogP contribution < -0.4 is 15.5 Å². The van der Waals surface area contributed by atoms with E-state index < -0.39 is 0 Å². The molecule has 0 aliphatic carbocycles. The van der Waals surface area contributed by atoms with Crippen LogP contribution in [0.15, 0.2) is 30.3 Å². The Morgan fingerprint density at radius 3 is 2.00 bits per heavy atom. The van der Waals surface area contributed by atoms with Crippen molar-refractivity contribution >= 4 is 5.69 Å². The maximum Gasteiger partial charge on any atom is 0.0367 e. The Balaban J connectivity index is 1.99. The van der Waals surface area contributed by atoms with Gasteiger partial charge >= 0.3 is 0 Å². The lowest BCUT2D eigenvalue weighted by atomic mass is 10.3. The molecule has 0 bridgehead atoms. The summed E-state index contributed by atoms with van der Waals surface area (Å²) in [4.78, 5) is 2.42. The van der Waals surface area contributed by atoms with E-state index in [1.54, 1.807) is 0 Å². The molecule has 1 heterocycles. The highest BCUT2D eigenvalue weighted by Crippen LogP contribution is 2.11. The van der Waals surface area contributed by atoms with Gasteiger partial charge in [0, 0.05) is 45.0 Å². The molecule has 0 saturated carbocycles. The van der Waals surface area contributed by atoms with Crippen molar-refractivity contribution in [1.82, 2.24) is 10.6 Å². The molecule has 1 aliphatic heterocycles. The van der Waals surface area contributed by atoms with Crippen LogP contribution in [0.5, 0.6) is 0 Å². The van der Waals surface area contributed by atoms with Crippen LogP contribution in [0.25, 0.3) is 0 Å². The summed E-state index contributed by atoms with van der Waals surface area (Å²) in [6, 6.07) is 10.6. The molecule has 0 amide bonds. The van der Waals surface area contributed by atoms with Crippen molar-refractivity contribution in [3.63, 3.8) is 0 Å². The summed E-state index contributed by atoms with van der Waals surface area (Å²) in [5.41, 5.74) is 1.32. The maximum atomic E-state index is 3.42. The first kappa shape index (κ1) is 10.5. The van der Waals surface area contributed by atoms with Crippen LogP contribution >= 0.6 is 0 Å². The van der Waals surface area contributed by atoms with Crippen LogP contribution in [0, 0.1) is 0 Å². The number of nitrogens with zero attached hydrogens (tertiary/aromatic N) is 1. The van der Waals surface area contributed by atoms with Crippen LogP contribution in [-0.4, -0.2) is 39.3 Å². The van der Waals surface area contributed by atoms with Gasteiger partial charge in [-0.05, 0) is 12.1 Å². The van der Waals surface area contributed by atoms with Gasteiger partial charge < -0.3 is 15.5 Å². The Hall–Kier alpha value is -1.06. The second-order valence-electron chi connectivity index (χ2n) is 3.82. The van der Waals surface area contributed by atoms with Crippen molar-refractivity contribution in [1.29, 1.82) is 0 Å². The normalized spacial score (nSPS) is 19.1. The molecule has 15 heavy (non-hydrogen) atoms. The molecule has 0 unspecified atom stereocenters. The zero-order valence-electron chi connectivity index (χ0n) is 9.08. The van der Waals surface area contributed by atoms with Gasteiger partial charge in [0.1, 0.15) is 0 Å². The zero-order chi connectivity index (χ0) is 10.3. The van der Waals surface area contributed by atoms with E-state index >= 15 is 0 Å². The van der Waals surface area contributed by atoms with Crippen molar-refractivity contribution in [3.05, 3.63) is 30.3 Å². The van der Waals surface area contributed by atoms with Crippen LogP contribution in [0.2, 0.25) is 0 Å². The van der Waals surface area contributed by atoms with Crippen molar-refractivity contribution in [3.8, 4) is 0 Å². The molecular formula is C12H19N3. The lowest BCUT2D eigenvalue weighted by Gasteiger charge is -2.24. The van der Waals surface area contributed by atoms with Crippen LogP contribution in [0.3, 0.4) is 0 Å². The van der Waals surface area contributed by atoms with E-state index in [1.807, 2.05) is 0 Å². The number of anilines is 1. The highest BCUT2D eigenvalue weighted by Gasteiger charge is 2.06. The topological polar surface area (TPSA) is 27.3 Å². The molecule has 0 radical (unpaired) electrons. The van der Waals surface area contributed by atoms with Gasteiger partial charge in [0.05, 0.1) is 0 Å². The standard InChI is InChI=1S/C12H19N3/c1-2-4-12(5-3-1)15-10-8-13-6-7-14-9-11-15/h1-5,13-14H,6-11H2. The zero-order valence-corrected chi connectivity index (χ0v) is 9.08. The molecule has 82 valence electrons. The van der Waals surface area contributed by atoms with Gasteiger partial charge in [0.15, 0.2) is 0 Å². The van der Waals surface area contributed by atoms with Crippen molar-refractivity contribution in [2.24, 2.45) is 0 Å². The second kappa shape index (κ2) is 5.73. The Bertz CT molecular complexity index is 263. The molecule has 2 N–H and O–H groups in total. The largest absolute Gasteiger partial charge is 0.369 e. The minimum Gasteiger partial charge on any atom is -0.369 e. The van der Waals surface area contributed by atoms with Gasteiger partial charge in [0.25, 0.3) is 0 Å². The Morgan fingerprint density at radius 1 is 0.800 bits per heavy atom. The molecule has 0 spiro atoms. The number of para-hydroxylation sites is 1. The van der Waals surface area contributed by atoms with Gasteiger partial charge in [-0.1, -0.05) is 18.2 Å². The van der Waals surface area contributed by atoms with Crippen LogP contribution in [-0.2, 0) is 0 Å². The lowest BCUT2D eigenvalue weighted by Crippen LogP contribution is -2.33. The first-order valence-electron chi connectivity index (χ1n) is 5.68. The molecule has 3 heteroatoms. The second-order valence-corrected chi connectivity index (χ2v) is 3.82. The Kier molecular flexibility index (Phi) is 4.00. The van der Waals surface area contributed by atoms with E-state index in [2.05, 4.69) is 45.9 Å². The van der Waals surface area contributed by atoms with Crippen molar-refractivity contribution in [2.75, 3.05) is 44.2 Å². The third-order valence-corrected chi connectivity index (χ3v) is 2.72. The molecule has 1 fully saturated rings. The van der Waals surface area contributed by atoms with E-state index in [1.165, 1.54) is 5.69 Å². The monoisotopic (exact) mass is 205 g/mol. The molecule has 3 nitrogen and oxygen atoms in total. The quantitative estimate of drug-likeness (QED) is 0.706. The molecule has 0 atom stereocenters. The van der Waals surface area contributed by atoms with E-state index in [0.29, 0.717) is 0 Å². The fraction of sp³-hybridized carbons (Fsp3) is 0.500. The van der Waals surface area contributed by atoms with Crippen LogP contribution in [0.4, 0.5) is 5.69 Å². The van der Waals surface area contributed by atoms with Gasteiger partial charge in [0.2, 0.25) is 0 Å². The van der Waals surface area contributed by atoms with Crippen molar-refractivity contribution in [2.45, 2.75) is 0 Å². The number of hydrogen-bond donors (Lipinski definition) is 2. The molecule has 1 aromatic rings. The molecular weight excluding hydrogens is 186 g/mol. The SMILES string of the molecule is c1ccc(N2CCNCCNCC2)cc1. The minimum atomic E-state index is 1.07. The summed E-state index contributed by atoms with van der Waals surface area (Å²) in [6.45, 7) is 6.45. The molecule has 1 aliphatic rings. The highest BCUT2D eigenvalue weighted by molar-refractivity contribution is 5.45. The fourth-order valence-corrected chi connectivity index (χ4v) is 1.86. The average molecular weight is 205 g/mol. The van der Waals surface area contributed by atoms with E-state index in [0.717, 1.165) is 39.3 Å². The van der Waals surface area contributed by atoms with Gasteiger partial charge in [-0.3, -0.25) is 0 Å². The summed E-state index contributed by atoms with van der Waals surface area (Å²) >= 11 is 0. The summed E-state index contributed by atoms with van der Waals surface area (Å²) in [5.74, 6) is 0. The van der Waals surface area contributed by atoms with Gasteiger partial charge in [-0.15, -0.1) is 0 Å². The summed E-state index contributed by atoms with van der Waals surface area (Å²) < 4.78 is 0. The molecule has 1 aromatic carbocycles. The number of hydrogen-bond acceptors (Lipinski definition) is 3. The first-order chi connectivity index (χ1) is 7.47. The Morgan fingerprint density at radius 2 is 1.40 bits per heavy atom. The van der Waals surface area contributed by atoms with E-state index in [-0.39, 0.29) is 0 Å². The third kappa shape index (κ3) is 3.22. The average Bonchev–Trinajstić information content (AvgIpc) is 2.43. The van der Waals surface area contributed by atoms with E-state index in [9.17, 15) is 0 Å². The molecule has 2 rings (SSSR count). The highest BCUT2D eigenvalue weighted by atomic mass is 15.2. The summed E-state index contributed by atoms with van der Waals surface area (Å²) in [6.07, 6.45) is 0. The predicted molar refractivity (Wildman–Crippen MR) is 64.4 cm³/mol. The number of nitrogens with one attached hydrogen (secondary N) is 2. The van der Waals surface area contributed by atoms with Crippen molar-refractivity contribution < 1.29 is 0 Å². The predicted octanol–water partition coefficient (Wildman–Crippen LogP) is 0.686. The minimum absolute atomic E-state index is 1.07. The third-order valence-electron chi connectivity index (χ3n) is 2.72. The first-order valence-corrected chi connectivity index (χ1v) is 5.68. The Labute approximate surface area is 91.5 Å². The number of rotatable bonds is 1. The summed E-state index contributed by atoms with van der Waals surface area (Å²) in [7, 11) is 0. The van der Waals surface area contributed by atoms with Gasteiger partial charge in [-0.2, -0.15) is 0 Å². The van der Waals surface area contributed by atoms with Crippen LogP contribution in [0.1, 0.15) is 0 Å². The van der Waals surface area contributed by atoms with E-state index in [4.69, 9.17) is 0 Å². The molecule has 0 aromatic heterocycles. The van der Waals surface area contributed by atoms with Gasteiger partial charge in [-0.25, -0.2) is 0 Å². The summed E-state index contributed by atoms with van der Waals surface area (Å²) in [5, 5.41) is 6.85.